The maximum absolute atomic E-state index is 12.7. The summed E-state index contributed by atoms with van der Waals surface area (Å²) in [5.74, 6) is 0.750. The number of hydrogen-bond donors (Lipinski definition) is 2. The van der Waals surface area contributed by atoms with Gasteiger partial charge < -0.3 is 20.1 Å². The van der Waals surface area contributed by atoms with Gasteiger partial charge in [-0.15, -0.1) is 0 Å². The smallest absolute Gasteiger partial charge is 0.253 e. The number of pyridine rings is 1. The van der Waals surface area contributed by atoms with E-state index in [0.29, 0.717) is 25.3 Å². The lowest BCUT2D eigenvalue weighted by molar-refractivity contribution is -0.0327. The summed E-state index contributed by atoms with van der Waals surface area (Å²) in [4.78, 5) is 19.5. The van der Waals surface area contributed by atoms with Crippen LogP contribution in [0.5, 0.6) is 0 Å². The topological polar surface area (TPSA) is 74.7 Å². The zero-order chi connectivity index (χ0) is 18.8. The second kappa shape index (κ2) is 7.30. The first-order valence-electron chi connectivity index (χ1n) is 8.84. The molecule has 0 spiro atoms. The van der Waals surface area contributed by atoms with E-state index in [2.05, 4.69) is 15.2 Å². The van der Waals surface area contributed by atoms with Crippen molar-refractivity contribution in [1.82, 2.24) is 10.3 Å². The number of carbonyl (C=O) groups is 1. The van der Waals surface area contributed by atoms with Crippen molar-refractivity contribution in [2.75, 3.05) is 37.7 Å². The van der Waals surface area contributed by atoms with Gasteiger partial charge in [0.05, 0.1) is 30.1 Å². The summed E-state index contributed by atoms with van der Waals surface area (Å²) < 4.78 is 5.38. The number of aromatic nitrogens is 1. The van der Waals surface area contributed by atoms with Crippen LogP contribution in [0.1, 0.15) is 49.3 Å². The molecule has 6 heteroatoms. The molecular weight excluding hydrogens is 318 g/mol. The Morgan fingerprint density at radius 3 is 2.40 bits per heavy atom. The van der Waals surface area contributed by atoms with Crippen molar-refractivity contribution in [1.29, 1.82) is 0 Å². The molecule has 1 saturated heterocycles. The number of anilines is 1. The predicted octanol–water partition coefficient (Wildman–Crippen LogP) is 2.06. The lowest BCUT2D eigenvalue weighted by atomic mass is 9.77. The molecule has 1 amide bonds. The molecular formula is C19H31N3O3. The van der Waals surface area contributed by atoms with E-state index >= 15 is 0 Å². The molecule has 1 aromatic rings. The second-order valence-corrected chi connectivity index (χ2v) is 7.98. The highest BCUT2D eigenvalue weighted by molar-refractivity contribution is 5.97. The summed E-state index contributed by atoms with van der Waals surface area (Å²) in [6.45, 7) is 14.6. The number of rotatable bonds is 5. The van der Waals surface area contributed by atoms with Crippen molar-refractivity contribution < 1.29 is 14.6 Å². The number of aliphatic hydroxyl groups is 1. The van der Waals surface area contributed by atoms with Gasteiger partial charge in [-0.3, -0.25) is 4.79 Å². The van der Waals surface area contributed by atoms with Crippen LogP contribution in [-0.2, 0) is 4.74 Å². The van der Waals surface area contributed by atoms with Gasteiger partial charge in [0.25, 0.3) is 5.91 Å². The van der Waals surface area contributed by atoms with Crippen LogP contribution in [0.2, 0.25) is 0 Å². The standard InChI is InChI=1S/C19H31N3O3/c1-13-11-15(22-7-9-25-10-8-22)21-14(2)16(13)17(23)20-12-18(3,4)19(5,6)24/h11,24H,7-10,12H2,1-6H3,(H,20,23). The van der Waals surface area contributed by atoms with Gasteiger partial charge in [0, 0.05) is 25.0 Å². The minimum atomic E-state index is -0.886. The molecule has 0 aromatic carbocycles. The monoisotopic (exact) mass is 349 g/mol. The number of aryl methyl sites for hydroxylation is 2. The third-order valence-corrected chi connectivity index (χ3v) is 5.29. The summed E-state index contributed by atoms with van der Waals surface area (Å²) in [7, 11) is 0. The fourth-order valence-electron chi connectivity index (χ4n) is 2.71. The second-order valence-electron chi connectivity index (χ2n) is 7.98. The lowest BCUT2D eigenvalue weighted by Gasteiger charge is -2.37. The molecule has 2 N–H and O–H groups in total. The summed E-state index contributed by atoms with van der Waals surface area (Å²) >= 11 is 0. The average Bonchev–Trinajstić information content (AvgIpc) is 2.52. The number of ether oxygens (including phenoxy) is 1. The molecule has 1 aliphatic heterocycles. The van der Waals surface area contributed by atoms with Crippen LogP contribution in [0.25, 0.3) is 0 Å². The van der Waals surface area contributed by atoms with E-state index < -0.39 is 11.0 Å². The number of nitrogens with one attached hydrogen (secondary N) is 1. The van der Waals surface area contributed by atoms with Gasteiger partial charge in [-0.2, -0.15) is 0 Å². The van der Waals surface area contributed by atoms with Crippen molar-refractivity contribution in [2.45, 2.75) is 47.1 Å². The molecule has 0 unspecified atom stereocenters. The third-order valence-electron chi connectivity index (χ3n) is 5.29. The Labute approximate surface area is 150 Å². The first-order chi connectivity index (χ1) is 11.5. The Hall–Kier alpha value is -1.66. The Kier molecular flexibility index (Phi) is 5.74. The van der Waals surface area contributed by atoms with Crippen LogP contribution >= 0.6 is 0 Å². The van der Waals surface area contributed by atoms with E-state index in [-0.39, 0.29) is 5.91 Å². The van der Waals surface area contributed by atoms with Gasteiger partial charge in [-0.25, -0.2) is 4.98 Å². The zero-order valence-electron chi connectivity index (χ0n) is 16.3. The molecule has 0 saturated carbocycles. The van der Waals surface area contributed by atoms with Gasteiger partial charge in [0.2, 0.25) is 0 Å². The predicted molar refractivity (Wildman–Crippen MR) is 99.2 cm³/mol. The molecule has 25 heavy (non-hydrogen) atoms. The van der Waals surface area contributed by atoms with Crippen LogP contribution in [0, 0.1) is 19.3 Å². The maximum atomic E-state index is 12.7. The molecule has 1 aliphatic rings. The highest BCUT2D eigenvalue weighted by Gasteiger charge is 2.35. The van der Waals surface area contributed by atoms with Crippen molar-refractivity contribution in [3.63, 3.8) is 0 Å². The van der Waals surface area contributed by atoms with E-state index in [0.717, 1.165) is 30.2 Å². The highest BCUT2D eigenvalue weighted by Crippen LogP contribution is 2.29. The van der Waals surface area contributed by atoms with Crippen molar-refractivity contribution in [3.05, 3.63) is 22.9 Å². The van der Waals surface area contributed by atoms with E-state index in [9.17, 15) is 9.90 Å². The van der Waals surface area contributed by atoms with E-state index in [1.807, 2.05) is 33.8 Å². The molecule has 2 heterocycles. The van der Waals surface area contributed by atoms with E-state index in [1.54, 1.807) is 13.8 Å². The Morgan fingerprint density at radius 2 is 1.88 bits per heavy atom. The summed E-state index contributed by atoms with van der Waals surface area (Å²) in [6.07, 6.45) is 0. The summed E-state index contributed by atoms with van der Waals surface area (Å²) in [6, 6.07) is 1.97. The van der Waals surface area contributed by atoms with Crippen molar-refractivity contribution in [3.8, 4) is 0 Å². The largest absolute Gasteiger partial charge is 0.390 e. The number of nitrogens with zero attached hydrogens (tertiary/aromatic N) is 2. The first kappa shape index (κ1) is 19.7. The lowest BCUT2D eigenvalue weighted by Crippen LogP contribution is -2.47. The van der Waals surface area contributed by atoms with Gasteiger partial charge >= 0.3 is 0 Å². The number of morpholine rings is 1. The molecule has 0 atom stereocenters. The summed E-state index contributed by atoms with van der Waals surface area (Å²) in [5.41, 5.74) is 0.922. The molecule has 1 fully saturated rings. The minimum Gasteiger partial charge on any atom is -0.390 e. The molecule has 0 bridgehead atoms. The SMILES string of the molecule is Cc1cc(N2CCOCC2)nc(C)c1C(=O)NCC(C)(C)C(C)(C)O. The van der Waals surface area contributed by atoms with E-state index in [4.69, 9.17) is 4.74 Å². The molecule has 6 nitrogen and oxygen atoms in total. The van der Waals surface area contributed by atoms with Crippen LogP contribution in [-0.4, -0.2) is 54.4 Å². The van der Waals surface area contributed by atoms with Gasteiger partial charge in [0.15, 0.2) is 0 Å². The average molecular weight is 349 g/mol. The van der Waals surface area contributed by atoms with Gasteiger partial charge in [0.1, 0.15) is 5.82 Å². The number of amides is 1. The minimum absolute atomic E-state index is 0.145. The van der Waals surface area contributed by atoms with Crippen molar-refractivity contribution in [2.24, 2.45) is 5.41 Å². The number of carbonyl (C=O) groups excluding carboxylic acids is 1. The summed E-state index contributed by atoms with van der Waals surface area (Å²) in [5, 5.41) is 13.2. The fraction of sp³-hybridized carbons (Fsp3) is 0.684. The van der Waals surface area contributed by atoms with Gasteiger partial charge in [-0.1, -0.05) is 13.8 Å². The number of hydrogen-bond acceptors (Lipinski definition) is 5. The molecule has 0 radical (unpaired) electrons. The molecule has 2 rings (SSSR count). The van der Waals surface area contributed by atoms with Crippen LogP contribution in [0.4, 0.5) is 5.82 Å². The van der Waals surface area contributed by atoms with Crippen LogP contribution in [0.3, 0.4) is 0 Å². The zero-order valence-corrected chi connectivity index (χ0v) is 16.3. The van der Waals surface area contributed by atoms with Gasteiger partial charge in [-0.05, 0) is 39.3 Å². The Bertz CT molecular complexity index is 606. The molecule has 140 valence electrons. The Morgan fingerprint density at radius 1 is 1.28 bits per heavy atom. The van der Waals surface area contributed by atoms with E-state index in [1.165, 1.54) is 0 Å². The van der Waals surface area contributed by atoms with Crippen LogP contribution < -0.4 is 10.2 Å². The quantitative estimate of drug-likeness (QED) is 0.851. The Balaban J connectivity index is 2.15. The van der Waals surface area contributed by atoms with Crippen LogP contribution in [0.15, 0.2) is 6.07 Å². The first-order valence-corrected chi connectivity index (χ1v) is 8.84. The highest BCUT2D eigenvalue weighted by atomic mass is 16.5. The molecule has 1 aromatic heterocycles. The maximum Gasteiger partial charge on any atom is 0.253 e. The normalized spacial score (nSPS) is 16.0. The van der Waals surface area contributed by atoms with Crippen molar-refractivity contribution >= 4 is 11.7 Å². The molecule has 0 aliphatic carbocycles. The fourth-order valence-corrected chi connectivity index (χ4v) is 2.71. The third kappa shape index (κ3) is 4.50.